The van der Waals surface area contributed by atoms with Gasteiger partial charge in [0.25, 0.3) is 0 Å². The van der Waals surface area contributed by atoms with E-state index in [4.69, 9.17) is 0 Å². The first-order valence-electron chi connectivity index (χ1n) is 4.66. The summed E-state index contributed by atoms with van der Waals surface area (Å²) >= 11 is 0. The number of hydrogen-bond donors (Lipinski definition) is 1. The molecule has 1 aromatic carbocycles. The summed E-state index contributed by atoms with van der Waals surface area (Å²) in [7, 11) is 2.01. The Morgan fingerprint density at radius 3 is 3.00 bits per heavy atom. The SMILES string of the molecule is Cn1ccc2cc(NCCF)ccc21. The molecule has 2 nitrogen and oxygen atoms in total. The molecule has 0 amide bonds. The van der Waals surface area contributed by atoms with Crippen LogP contribution in [-0.2, 0) is 7.05 Å². The van der Waals surface area contributed by atoms with Crippen LogP contribution in [0.5, 0.6) is 0 Å². The zero-order chi connectivity index (χ0) is 9.97. The van der Waals surface area contributed by atoms with Crippen molar-refractivity contribution in [3.8, 4) is 0 Å². The highest BCUT2D eigenvalue weighted by molar-refractivity contribution is 5.83. The number of hydrogen-bond acceptors (Lipinski definition) is 1. The molecule has 1 N–H and O–H groups in total. The third-order valence-electron chi connectivity index (χ3n) is 2.31. The number of anilines is 1. The molecule has 0 saturated heterocycles. The van der Waals surface area contributed by atoms with Crippen molar-refractivity contribution >= 4 is 16.6 Å². The Bertz CT molecular complexity index is 434. The summed E-state index contributed by atoms with van der Waals surface area (Å²) in [5, 5.41) is 4.19. The molecule has 0 atom stereocenters. The average molecular weight is 192 g/mol. The molecular formula is C11H13FN2. The maximum atomic E-state index is 11.9. The highest BCUT2D eigenvalue weighted by Gasteiger charge is 1.98. The molecule has 3 heteroatoms. The van der Waals surface area contributed by atoms with Crippen LogP contribution in [-0.4, -0.2) is 17.8 Å². The number of nitrogens with zero attached hydrogens (tertiary/aromatic N) is 1. The molecular weight excluding hydrogens is 179 g/mol. The lowest BCUT2D eigenvalue weighted by Gasteiger charge is -2.04. The molecule has 2 aromatic rings. The number of alkyl halides is 1. The van der Waals surface area contributed by atoms with Crippen LogP contribution >= 0.6 is 0 Å². The van der Waals surface area contributed by atoms with Crippen molar-refractivity contribution < 1.29 is 4.39 Å². The topological polar surface area (TPSA) is 17.0 Å². The summed E-state index contributed by atoms with van der Waals surface area (Å²) in [5.41, 5.74) is 2.16. The van der Waals surface area contributed by atoms with E-state index in [0.717, 1.165) is 5.69 Å². The first-order chi connectivity index (χ1) is 6.81. The molecule has 1 aromatic heterocycles. The summed E-state index contributed by atoms with van der Waals surface area (Å²) in [5.74, 6) is 0. The van der Waals surface area contributed by atoms with E-state index in [9.17, 15) is 4.39 Å². The lowest BCUT2D eigenvalue weighted by Crippen LogP contribution is -2.02. The smallest absolute Gasteiger partial charge is 0.107 e. The van der Waals surface area contributed by atoms with Crippen LogP contribution in [0.15, 0.2) is 30.5 Å². The summed E-state index contributed by atoms with van der Waals surface area (Å²) in [6.45, 7) is 0.0329. The van der Waals surface area contributed by atoms with Gasteiger partial charge in [-0.15, -0.1) is 0 Å². The molecule has 0 aliphatic carbocycles. The lowest BCUT2D eigenvalue weighted by atomic mass is 10.2. The second-order valence-corrected chi connectivity index (χ2v) is 3.32. The fourth-order valence-electron chi connectivity index (χ4n) is 1.58. The van der Waals surface area contributed by atoms with Crippen molar-refractivity contribution in [2.75, 3.05) is 18.5 Å². The van der Waals surface area contributed by atoms with Crippen molar-refractivity contribution in [1.82, 2.24) is 4.57 Å². The van der Waals surface area contributed by atoms with E-state index in [1.165, 1.54) is 10.9 Å². The van der Waals surface area contributed by atoms with Crippen molar-refractivity contribution in [3.05, 3.63) is 30.5 Å². The molecule has 0 spiro atoms. The Balaban J connectivity index is 2.32. The van der Waals surface area contributed by atoms with Gasteiger partial charge in [0.15, 0.2) is 0 Å². The van der Waals surface area contributed by atoms with E-state index in [0.29, 0.717) is 6.54 Å². The van der Waals surface area contributed by atoms with Gasteiger partial charge in [0, 0.05) is 36.4 Å². The third-order valence-corrected chi connectivity index (χ3v) is 2.31. The van der Waals surface area contributed by atoms with E-state index < -0.39 is 0 Å². The number of benzene rings is 1. The molecule has 0 fully saturated rings. The molecule has 0 saturated carbocycles. The van der Waals surface area contributed by atoms with Gasteiger partial charge in [-0.3, -0.25) is 0 Å². The second-order valence-electron chi connectivity index (χ2n) is 3.32. The minimum absolute atomic E-state index is 0.340. The van der Waals surface area contributed by atoms with Crippen LogP contribution in [0, 0.1) is 0 Å². The van der Waals surface area contributed by atoms with Crippen LogP contribution < -0.4 is 5.32 Å². The molecule has 0 aliphatic heterocycles. The summed E-state index contributed by atoms with van der Waals surface area (Å²) in [6.07, 6.45) is 2.02. The van der Waals surface area contributed by atoms with E-state index in [1.807, 2.05) is 31.4 Å². The van der Waals surface area contributed by atoms with E-state index in [-0.39, 0.29) is 6.67 Å². The Kier molecular flexibility index (Phi) is 2.39. The van der Waals surface area contributed by atoms with Gasteiger partial charge in [-0.05, 0) is 24.3 Å². The third kappa shape index (κ3) is 1.58. The molecule has 0 aliphatic rings. The highest BCUT2D eigenvalue weighted by Crippen LogP contribution is 2.19. The number of aryl methyl sites for hydroxylation is 1. The minimum atomic E-state index is -0.340. The number of halogens is 1. The normalized spacial score (nSPS) is 10.7. The second kappa shape index (κ2) is 3.70. The van der Waals surface area contributed by atoms with Crippen LogP contribution in [0.1, 0.15) is 0 Å². The van der Waals surface area contributed by atoms with E-state index >= 15 is 0 Å². The fourth-order valence-corrected chi connectivity index (χ4v) is 1.58. The predicted octanol–water partition coefficient (Wildman–Crippen LogP) is 2.56. The lowest BCUT2D eigenvalue weighted by molar-refractivity contribution is 0.513. The van der Waals surface area contributed by atoms with Crippen LogP contribution in [0.25, 0.3) is 10.9 Å². The first-order valence-corrected chi connectivity index (χ1v) is 4.66. The highest BCUT2D eigenvalue weighted by atomic mass is 19.1. The Morgan fingerprint density at radius 2 is 2.21 bits per heavy atom. The van der Waals surface area contributed by atoms with Crippen molar-refractivity contribution in [1.29, 1.82) is 0 Å². The van der Waals surface area contributed by atoms with Gasteiger partial charge in [-0.2, -0.15) is 0 Å². The summed E-state index contributed by atoms with van der Waals surface area (Å²) in [4.78, 5) is 0. The standard InChI is InChI=1S/C11H13FN2/c1-14-7-4-9-8-10(13-6-5-12)2-3-11(9)14/h2-4,7-8,13H,5-6H2,1H3. The van der Waals surface area contributed by atoms with E-state index in [1.54, 1.807) is 0 Å². The van der Waals surface area contributed by atoms with Gasteiger partial charge in [0.1, 0.15) is 6.67 Å². The number of fused-ring (bicyclic) bond motifs is 1. The van der Waals surface area contributed by atoms with Gasteiger partial charge in [0.2, 0.25) is 0 Å². The Labute approximate surface area is 82.3 Å². The number of aromatic nitrogens is 1. The van der Waals surface area contributed by atoms with E-state index in [2.05, 4.69) is 16.0 Å². The fraction of sp³-hybridized carbons (Fsp3) is 0.273. The van der Waals surface area contributed by atoms with Gasteiger partial charge >= 0.3 is 0 Å². The minimum Gasteiger partial charge on any atom is -0.382 e. The molecule has 14 heavy (non-hydrogen) atoms. The molecule has 0 unspecified atom stereocenters. The summed E-state index contributed by atoms with van der Waals surface area (Å²) in [6, 6.07) is 8.09. The quantitative estimate of drug-likeness (QED) is 0.790. The molecule has 0 radical (unpaired) electrons. The zero-order valence-corrected chi connectivity index (χ0v) is 8.13. The van der Waals surface area contributed by atoms with Gasteiger partial charge in [-0.25, -0.2) is 4.39 Å². The number of nitrogens with one attached hydrogen (secondary N) is 1. The number of rotatable bonds is 3. The monoisotopic (exact) mass is 192 g/mol. The van der Waals surface area contributed by atoms with Gasteiger partial charge in [0.05, 0.1) is 0 Å². The van der Waals surface area contributed by atoms with Gasteiger partial charge in [-0.1, -0.05) is 0 Å². The van der Waals surface area contributed by atoms with Crippen LogP contribution in [0.3, 0.4) is 0 Å². The zero-order valence-electron chi connectivity index (χ0n) is 8.13. The Hall–Kier alpha value is -1.51. The summed E-state index contributed by atoms with van der Waals surface area (Å²) < 4.78 is 14.0. The predicted molar refractivity (Wildman–Crippen MR) is 57.4 cm³/mol. The van der Waals surface area contributed by atoms with Crippen molar-refractivity contribution in [3.63, 3.8) is 0 Å². The maximum Gasteiger partial charge on any atom is 0.107 e. The van der Waals surface area contributed by atoms with Crippen LogP contribution in [0.4, 0.5) is 10.1 Å². The first kappa shape index (κ1) is 9.06. The Morgan fingerprint density at radius 1 is 1.36 bits per heavy atom. The largest absolute Gasteiger partial charge is 0.382 e. The van der Waals surface area contributed by atoms with Crippen LogP contribution in [0.2, 0.25) is 0 Å². The molecule has 2 rings (SSSR count). The molecule has 0 bridgehead atoms. The van der Waals surface area contributed by atoms with Crippen molar-refractivity contribution in [2.45, 2.75) is 0 Å². The average Bonchev–Trinajstić information content (AvgIpc) is 2.57. The molecule has 74 valence electrons. The molecule has 1 heterocycles. The van der Waals surface area contributed by atoms with Crippen molar-refractivity contribution in [2.24, 2.45) is 7.05 Å². The maximum absolute atomic E-state index is 11.9. The van der Waals surface area contributed by atoms with Gasteiger partial charge < -0.3 is 9.88 Å².